The first kappa shape index (κ1) is 14.1. The second kappa shape index (κ2) is 6.22. The maximum absolute atomic E-state index is 12.4. The summed E-state index contributed by atoms with van der Waals surface area (Å²) in [7, 11) is 1.74. The summed E-state index contributed by atoms with van der Waals surface area (Å²) >= 11 is 0. The van der Waals surface area contributed by atoms with Crippen LogP contribution < -0.4 is 5.73 Å². The van der Waals surface area contributed by atoms with Crippen LogP contribution in [0.15, 0.2) is 24.3 Å². The molecule has 1 aromatic rings. The maximum atomic E-state index is 12.4. The van der Waals surface area contributed by atoms with E-state index in [1.54, 1.807) is 35.0 Å². The molecule has 2 N–H and O–H groups in total. The second-order valence-electron chi connectivity index (χ2n) is 4.63. The average Bonchev–Trinajstić information content (AvgIpc) is 2.47. The van der Waals surface area contributed by atoms with Gasteiger partial charge >= 0.3 is 0 Å². The fourth-order valence-corrected chi connectivity index (χ4v) is 2.00. The Morgan fingerprint density at radius 3 is 2.90 bits per heavy atom. The number of carbonyl (C=O) groups excluding carboxylic acids is 2. The highest BCUT2D eigenvalue weighted by Crippen LogP contribution is 2.10. The van der Waals surface area contributed by atoms with E-state index in [9.17, 15) is 9.59 Å². The Kier molecular flexibility index (Phi) is 4.38. The molecule has 0 saturated carbocycles. The van der Waals surface area contributed by atoms with Gasteiger partial charge < -0.3 is 15.5 Å². The number of piperazine rings is 1. The summed E-state index contributed by atoms with van der Waals surface area (Å²) < 4.78 is 0. The lowest BCUT2D eigenvalue weighted by atomic mass is 10.1. The molecule has 0 spiro atoms. The number of carbonyl (C=O) groups is 2. The Balaban J connectivity index is 2.15. The van der Waals surface area contributed by atoms with Crippen molar-refractivity contribution >= 4 is 11.8 Å². The van der Waals surface area contributed by atoms with Crippen LogP contribution >= 0.6 is 0 Å². The lowest BCUT2D eigenvalue weighted by Gasteiger charge is -2.32. The summed E-state index contributed by atoms with van der Waals surface area (Å²) in [4.78, 5) is 27.2. The molecule has 2 amide bonds. The molecule has 0 radical (unpaired) electrons. The van der Waals surface area contributed by atoms with Gasteiger partial charge in [-0.15, -0.1) is 0 Å². The predicted octanol–water partition coefficient (Wildman–Crippen LogP) is -0.0890. The lowest BCUT2D eigenvalue weighted by Crippen LogP contribution is -2.50. The van der Waals surface area contributed by atoms with Gasteiger partial charge in [0.05, 0.1) is 6.54 Å². The quantitative estimate of drug-likeness (QED) is 0.726. The van der Waals surface area contributed by atoms with Gasteiger partial charge in [-0.25, -0.2) is 0 Å². The highest BCUT2D eigenvalue weighted by atomic mass is 16.2. The minimum Gasteiger partial charge on any atom is -0.342 e. The van der Waals surface area contributed by atoms with E-state index in [2.05, 4.69) is 11.8 Å². The largest absolute Gasteiger partial charge is 0.342 e. The molecule has 1 fully saturated rings. The molecule has 20 heavy (non-hydrogen) atoms. The van der Waals surface area contributed by atoms with Crippen molar-refractivity contribution in [3.05, 3.63) is 35.4 Å². The minimum atomic E-state index is -0.136. The number of nitrogens with zero attached hydrogens (tertiary/aromatic N) is 2. The normalized spacial score (nSPS) is 14.8. The van der Waals surface area contributed by atoms with E-state index >= 15 is 0 Å². The van der Waals surface area contributed by atoms with Crippen LogP contribution in [0.5, 0.6) is 0 Å². The predicted molar refractivity (Wildman–Crippen MR) is 75.9 cm³/mol. The van der Waals surface area contributed by atoms with Gasteiger partial charge in [0, 0.05) is 31.3 Å². The van der Waals surface area contributed by atoms with Crippen LogP contribution in [0, 0.1) is 11.8 Å². The first-order chi connectivity index (χ1) is 9.61. The Hall–Kier alpha value is -2.32. The summed E-state index contributed by atoms with van der Waals surface area (Å²) in [5, 5.41) is 0. The summed E-state index contributed by atoms with van der Waals surface area (Å²) in [6.45, 7) is 1.54. The van der Waals surface area contributed by atoms with Crippen molar-refractivity contribution in [3.8, 4) is 11.8 Å². The first-order valence-electron chi connectivity index (χ1n) is 6.44. The zero-order chi connectivity index (χ0) is 14.5. The van der Waals surface area contributed by atoms with Crippen LogP contribution in [-0.2, 0) is 4.79 Å². The van der Waals surface area contributed by atoms with Gasteiger partial charge in [-0.2, -0.15) is 0 Å². The van der Waals surface area contributed by atoms with Crippen molar-refractivity contribution in [3.63, 3.8) is 0 Å². The van der Waals surface area contributed by atoms with Gasteiger partial charge in [-0.1, -0.05) is 17.9 Å². The molecule has 0 bridgehead atoms. The molecule has 0 aromatic heterocycles. The third-order valence-electron chi connectivity index (χ3n) is 3.19. The van der Waals surface area contributed by atoms with E-state index in [0.717, 1.165) is 5.56 Å². The van der Waals surface area contributed by atoms with Crippen molar-refractivity contribution < 1.29 is 9.59 Å². The Bertz CT molecular complexity index is 586. The van der Waals surface area contributed by atoms with Crippen molar-refractivity contribution in [2.24, 2.45) is 5.73 Å². The SMILES string of the molecule is CN1CCN(C(=O)c2cccc(C#CCN)c2)CC1=O. The molecule has 1 aromatic carbocycles. The van der Waals surface area contributed by atoms with Crippen molar-refractivity contribution in [1.82, 2.24) is 9.80 Å². The molecule has 0 atom stereocenters. The van der Waals surface area contributed by atoms with Crippen LogP contribution in [0.25, 0.3) is 0 Å². The van der Waals surface area contributed by atoms with E-state index in [-0.39, 0.29) is 24.9 Å². The Morgan fingerprint density at radius 2 is 2.20 bits per heavy atom. The fraction of sp³-hybridized carbons (Fsp3) is 0.333. The van der Waals surface area contributed by atoms with Crippen molar-refractivity contribution in [2.75, 3.05) is 33.2 Å². The van der Waals surface area contributed by atoms with Gasteiger partial charge in [0.25, 0.3) is 5.91 Å². The van der Waals surface area contributed by atoms with Crippen molar-refractivity contribution in [1.29, 1.82) is 0 Å². The van der Waals surface area contributed by atoms with E-state index in [4.69, 9.17) is 5.73 Å². The van der Waals surface area contributed by atoms with Crippen LogP contribution in [0.4, 0.5) is 0 Å². The number of rotatable bonds is 1. The number of hydrogen-bond acceptors (Lipinski definition) is 3. The third kappa shape index (κ3) is 3.16. The smallest absolute Gasteiger partial charge is 0.254 e. The van der Waals surface area contributed by atoms with Gasteiger partial charge in [0.2, 0.25) is 5.91 Å². The number of likely N-dealkylation sites (N-methyl/N-ethyl adjacent to an activating group) is 1. The molecular formula is C15H17N3O2. The van der Waals surface area contributed by atoms with Gasteiger partial charge in [0.15, 0.2) is 0 Å². The van der Waals surface area contributed by atoms with Crippen molar-refractivity contribution in [2.45, 2.75) is 0 Å². The fourth-order valence-electron chi connectivity index (χ4n) is 2.00. The molecule has 5 nitrogen and oxygen atoms in total. The zero-order valence-electron chi connectivity index (χ0n) is 11.4. The molecule has 1 aliphatic rings. The Labute approximate surface area is 118 Å². The Morgan fingerprint density at radius 1 is 1.40 bits per heavy atom. The topological polar surface area (TPSA) is 66.6 Å². The standard InChI is InChI=1S/C15H17N3O2/c1-17-8-9-18(11-14(17)19)15(20)13-6-2-4-12(10-13)5-3-7-16/h2,4,6,10H,7-9,11,16H2,1H3. The maximum Gasteiger partial charge on any atom is 0.254 e. The third-order valence-corrected chi connectivity index (χ3v) is 3.19. The number of benzene rings is 1. The molecule has 1 aliphatic heterocycles. The molecule has 2 rings (SSSR count). The molecule has 1 saturated heterocycles. The number of nitrogens with two attached hydrogens (primary N) is 1. The summed E-state index contributed by atoms with van der Waals surface area (Å²) in [5.74, 6) is 5.48. The monoisotopic (exact) mass is 271 g/mol. The van der Waals surface area contributed by atoms with Crippen LogP contribution in [0.2, 0.25) is 0 Å². The number of hydrogen-bond donors (Lipinski definition) is 1. The van der Waals surface area contributed by atoms with E-state index in [1.165, 1.54) is 0 Å². The molecule has 1 heterocycles. The number of amides is 2. The van der Waals surface area contributed by atoms with Gasteiger partial charge in [-0.05, 0) is 18.2 Å². The van der Waals surface area contributed by atoms with E-state index in [1.807, 2.05) is 6.07 Å². The van der Waals surface area contributed by atoms with E-state index < -0.39 is 0 Å². The first-order valence-corrected chi connectivity index (χ1v) is 6.44. The molecular weight excluding hydrogens is 254 g/mol. The van der Waals surface area contributed by atoms with Gasteiger partial charge in [-0.3, -0.25) is 9.59 Å². The lowest BCUT2D eigenvalue weighted by molar-refractivity contribution is -0.133. The highest BCUT2D eigenvalue weighted by molar-refractivity contribution is 5.97. The highest BCUT2D eigenvalue weighted by Gasteiger charge is 2.25. The molecule has 0 aliphatic carbocycles. The summed E-state index contributed by atoms with van der Waals surface area (Å²) in [6.07, 6.45) is 0. The summed E-state index contributed by atoms with van der Waals surface area (Å²) in [5.41, 5.74) is 6.63. The van der Waals surface area contributed by atoms with Crippen LogP contribution in [0.3, 0.4) is 0 Å². The molecule has 0 unspecified atom stereocenters. The summed E-state index contributed by atoms with van der Waals surface area (Å²) in [6, 6.07) is 7.08. The molecule has 104 valence electrons. The second-order valence-corrected chi connectivity index (χ2v) is 4.63. The minimum absolute atomic E-state index is 0.0383. The van der Waals surface area contributed by atoms with E-state index in [0.29, 0.717) is 18.7 Å². The van der Waals surface area contributed by atoms with Crippen LogP contribution in [-0.4, -0.2) is 54.8 Å². The zero-order valence-corrected chi connectivity index (χ0v) is 11.4. The molecule has 5 heteroatoms. The van der Waals surface area contributed by atoms with Crippen LogP contribution in [0.1, 0.15) is 15.9 Å². The average molecular weight is 271 g/mol. The van der Waals surface area contributed by atoms with Gasteiger partial charge in [0.1, 0.15) is 6.54 Å².